The minimum Gasteiger partial charge on any atom is -0.454 e. The third-order valence-corrected chi connectivity index (χ3v) is 20.4. The van der Waals surface area contributed by atoms with Gasteiger partial charge in [-0.05, 0) is 171 Å². The Morgan fingerprint density at radius 1 is 0.308 bits per heavy atom. The second-order valence-corrected chi connectivity index (χ2v) is 25.7. The highest BCUT2D eigenvalue weighted by molar-refractivity contribution is 7.26. The molecule has 4 heteroatoms. The van der Waals surface area contributed by atoms with Gasteiger partial charge in [-0.3, -0.25) is 0 Å². The molecular weight excluding hydrogens is 1120 g/mol. The Kier molecular flexibility index (Phi) is 12.1. The summed E-state index contributed by atoms with van der Waals surface area (Å²) in [7, 11) is 0. The van der Waals surface area contributed by atoms with Gasteiger partial charge in [-0.2, -0.15) is 0 Å². The SMILES string of the molecule is CC1(C)c2ccccc2-c2c1ccc1c2ccc2ccc3cc(N(c4ccccc4)c4cccc5c4oc4ccccc45)ccc3c21.c1ccc(-c2cccc(N(c3ccccc3)c3ccc4c(ccc5ccc6c(ccc7c8ccccc8sc76)c54)c3)c2)cc1. The second-order valence-electron chi connectivity index (χ2n) is 24.7. The maximum absolute atomic E-state index is 6.54. The van der Waals surface area contributed by atoms with E-state index < -0.39 is 0 Å². The predicted molar refractivity (Wildman–Crippen MR) is 390 cm³/mol. The first kappa shape index (κ1) is 52.8. The fraction of sp³-hybridized carbons (Fsp3) is 0.0345. The lowest BCUT2D eigenvalue weighted by Crippen LogP contribution is -2.14. The van der Waals surface area contributed by atoms with Gasteiger partial charge in [-0.15, -0.1) is 11.3 Å². The van der Waals surface area contributed by atoms with E-state index in [4.69, 9.17) is 4.42 Å². The topological polar surface area (TPSA) is 19.6 Å². The van der Waals surface area contributed by atoms with Gasteiger partial charge in [-0.25, -0.2) is 0 Å². The van der Waals surface area contributed by atoms with Gasteiger partial charge in [0.2, 0.25) is 0 Å². The summed E-state index contributed by atoms with van der Waals surface area (Å²) in [6.45, 7) is 4.71. The minimum absolute atomic E-state index is 0.0215. The first-order chi connectivity index (χ1) is 44.9. The molecule has 0 unspecified atom stereocenters. The Labute approximate surface area is 531 Å². The molecule has 428 valence electrons. The number of thiophene rings is 1. The van der Waals surface area contributed by atoms with E-state index in [-0.39, 0.29) is 5.41 Å². The molecule has 0 fully saturated rings. The number of para-hydroxylation sites is 4. The monoisotopic (exact) mass is 1180 g/mol. The van der Waals surface area contributed by atoms with Gasteiger partial charge >= 0.3 is 0 Å². The van der Waals surface area contributed by atoms with Gasteiger partial charge in [0.25, 0.3) is 0 Å². The van der Waals surface area contributed by atoms with Crippen LogP contribution in [0.5, 0.6) is 0 Å². The molecule has 0 radical (unpaired) electrons. The van der Waals surface area contributed by atoms with Crippen molar-refractivity contribution < 1.29 is 4.42 Å². The lowest BCUT2D eigenvalue weighted by atomic mass is 9.82. The van der Waals surface area contributed by atoms with Crippen molar-refractivity contribution >= 4 is 152 Å². The maximum atomic E-state index is 6.54. The molecule has 0 spiro atoms. The van der Waals surface area contributed by atoms with Crippen molar-refractivity contribution in [3.63, 3.8) is 0 Å². The fourth-order valence-electron chi connectivity index (χ4n) is 15.0. The summed E-state index contributed by atoms with van der Waals surface area (Å²) in [5.74, 6) is 0. The fourth-order valence-corrected chi connectivity index (χ4v) is 16.2. The molecule has 3 nitrogen and oxygen atoms in total. The van der Waals surface area contributed by atoms with Crippen LogP contribution >= 0.6 is 11.3 Å². The van der Waals surface area contributed by atoms with Gasteiger partial charge in [0.15, 0.2) is 5.58 Å². The van der Waals surface area contributed by atoms with E-state index in [1.165, 1.54) is 118 Å². The standard InChI is InChI=1S/C45H31NO.C42H27NS/c1-45(2)38-16-8-6-14-37(38)43-35-23-21-28-19-20-29-27-31(22-24-32(29)42(28)34(35)25-26-39(43)45)46(30-11-4-3-5-12-30)40-17-10-15-36-33-13-7-9-18-41(33)47-44(36)40;1-3-10-28(11-4-1)30-12-9-15-33(26-30)43(32-13-5-2-6-14-32)34-21-23-35-31(27-34)19-18-29-20-22-39-37(41(29)35)24-25-38-36-16-7-8-17-40(36)44-42(38)39/h3-27H,1-2H3;1-27H. The number of hydrogen-bond donors (Lipinski definition) is 0. The molecule has 0 saturated heterocycles. The van der Waals surface area contributed by atoms with E-state index in [2.05, 4.69) is 327 Å². The van der Waals surface area contributed by atoms with Crippen molar-refractivity contribution in [2.75, 3.05) is 9.80 Å². The van der Waals surface area contributed by atoms with Crippen LogP contribution in [0.1, 0.15) is 25.0 Å². The van der Waals surface area contributed by atoms with Gasteiger partial charge in [0, 0.05) is 70.2 Å². The van der Waals surface area contributed by atoms with Crippen LogP contribution in [0.2, 0.25) is 0 Å². The summed E-state index contributed by atoms with van der Waals surface area (Å²) < 4.78 is 9.25. The highest BCUT2D eigenvalue weighted by Crippen LogP contribution is 2.53. The third-order valence-electron chi connectivity index (χ3n) is 19.2. The number of benzene rings is 16. The van der Waals surface area contributed by atoms with Crippen LogP contribution in [0.3, 0.4) is 0 Å². The molecule has 2 aromatic heterocycles. The molecule has 0 bridgehead atoms. The molecule has 0 saturated carbocycles. The van der Waals surface area contributed by atoms with Crippen LogP contribution in [-0.2, 0) is 5.41 Å². The van der Waals surface area contributed by atoms with E-state index in [1.54, 1.807) is 0 Å². The summed E-state index contributed by atoms with van der Waals surface area (Å²) in [5.41, 5.74) is 16.3. The van der Waals surface area contributed by atoms with E-state index >= 15 is 0 Å². The Hall–Kier alpha value is -11.3. The normalized spacial score (nSPS) is 12.6. The lowest BCUT2D eigenvalue weighted by Gasteiger charge is -2.26. The number of anilines is 6. The zero-order valence-corrected chi connectivity index (χ0v) is 51.0. The van der Waals surface area contributed by atoms with Crippen molar-refractivity contribution in [1.29, 1.82) is 0 Å². The first-order valence-corrected chi connectivity index (χ1v) is 32.2. The van der Waals surface area contributed by atoms with E-state index in [9.17, 15) is 0 Å². The third kappa shape index (κ3) is 8.48. The molecule has 0 aliphatic heterocycles. The number of hydrogen-bond acceptors (Lipinski definition) is 4. The minimum atomic E-state index is -0.0215. The van der Waals surface area contributed by atoms with Crippen molar-refractivity contribution in [3.05, 3.63) is 327 Å². The molecular formula is C87H58N2OS. The molecule has 19 rings (SSSR count). The van der Waals surface area contributed by atoms with Crippen molar-refractivity contribution in [3.8, 4) is 22.3 Å². The van der Waals surface area contributed by atoms with E-state index in [1.807, 2.05) is 23.5 Å². The summed E-state index contributed by atoms with van der Waals surface area (Å²) >= 11 is 1.90. The lowest BCUT2D eigenvalue weighted by molar-refractivity contribution is 0.661. The first-order valence-electron chi connectivity index (χ1n) is 31.4. The molecule has 1 aliphatic rings. The average molecular weight is 1180 g/mol. The highest BCUT2D eigenvalue weighted by atomic mass is 32.1. The molecule has 1 aliphatic carbocycles. The molecule has 91 heavy (non-hydrogen) atoms. The van der Waals surface area contributed by atoms with Crippen LogP contribution < -0.4 is 9.80 Å². The van der Waals surface area contributed by atoms with Crippen LogP contribution in [0.25, 0.3) is 129 Å². The highest BCUT2D eigenvalue weighted by Gasteiger charge is 2.36. The van der Waals surface area contributed by atoms with Crippen molar-refractivity contribution in [2.24, 2.45) is 0 Å². The van der Waals surface area contributed by atoms with Crippen LogP contribution in [0, 0.1) is 0 Å². The Morgan fingerprint density at radius 2 is 0.802 bits per heavy atom. The molecule has 18 aromatic rings. The molecule has 0 amide bonds. The summed E-state index contributed by atoms with van der Waals surface area (Å²) in [6, 6.07) is 115. The second kappa shape index (κ2) is 20.9. The summed E-state index contributed by atoms with van der Waals surface area (Å²) in [6.07, 6.45) is 0. The Balaban J connectivity index is 0.000000135. The van der Waals surface area contributed by atoms with Crippen LogP contribution in [0.15, 0.2) is 320 Å². The Bertz CT molecular complexity index is 5940. The van der Waals surface area contributed by atoms with Crippen molar-refractivity contribution in [1.82, 2.24) is 0 Å². The smallest absolute Gasteiger partial charge is 0.159 e. The molecule has 0 N–H and O–H groups in total. The number of fused-ring (bicyclic) bond motifs is 21. The van der Waals surface area contributed by atoms with Gasteiger partial charge in [0.1, 0.15) is 5.58 Å². The van der Waals surface area contributed by atoms with Crippen molar-refractivity contribution in [2.45, 2.75) is 19.3 Å². The molecule has 0 atom stereocenters. The van der Waals surface area contributed by atoms with Crippen LogP contribution in [0.4, 0.5) is 34.1 Å². The number of furan rings is 1. The number of rotatable bonds is 7. The molecule has 2 heterocycles. The van der Waals surface area contributed by atoms with Gasteiger partial charge in [0.05, 0.1) is 5.69 Å². The maximum Gasteiger partial charge on any atom is 0.159 e. The summed E-state index contributed by atoms with van der Waals surface area (Å²) in [5, 5.41) is 20.4. The predicted octanol–water partition coefficient (Wildman–Crippen LogP) is 25.5. The zero-order chi connectivity index (χ0) is 60.3. The van der Waals surface area contributed by atoms with E-state index in [0.29, 0.717) is 0 Å². The quantitative estimate of drug-likeness (QED) is 0.148. The van der Waals surface area contributed by atoms with E-state index in [0.717, 1.165) is 56.1 Å². The van der Waals surface area contributed by atoms with Gasteiger partial charge in [-0.1, -0.05) is 250 Å². The van der Waals surface area contributed by atoms with Gasteiger partial charge < -0.3 is 14.2 Å². The average Bonchev–Trinajstić information content (AvgIpc) is 1.68. The van der Waals surface area contributed by atoms with Crippen LogP contribution in [-0.4, -0.2) is 0 Å². The largest absolute Gasteiger partial charge is 0.454 e. The Morgan fingerprint density at radius 3 is 1.55 bits per heavy atom. The zero-order valence-electron chi connectivity index (χ0n) is 50.2. The molecule has 16 aromatic carbocycles. The number of nitrogens with zero attached hydrogens (tertiary/aromatic N) is 2. The summed E-state index contributed by atoms with van der Waals surface area (Å²) in [4.78, 5) is 4.68.